The van der Waals surface area contributed by atoms with Gasteiger partial charge in [0, 0.05) is 13.1 Å². The fraction of sp³-hybridized carbons (Fsp3) is 1.00. The first-order valence-electron chi connectivity index (χ1n) is 8.99. The molecular formula is C18H34N2. The number of nitrogens with two attached hydrogens (primary N) is 1. The van der Waals surface area contributed by atoms with Gasteiger partial charge in [-0.2, -0.15) is 0 Å². The lowest BCUT2D eigenvalue weighted by Gasteiger charge is -2.42. The van der Waals surface area contributed by atoms with Crippen molar-refractivity contribution < 1.29 is 0 Å². The van der Waals surface area contributed by atoms with Gasteiger partial charge in [-0.1, -0.05) is 26.2 Å². The standard InChI is InChI=1S/C18H34N2/c1-14-4-3-7-18(10-14,12-19)13-20(2)11-17-9-15-5-6-16(17)8-15/h14-17H,3-13,19H2,1-2H3. The van der Waals surface area contributed by atoms with Gasteiger partial charge in [-0.15, -0.1) is 0 Å². The molecule has 3 rings (SSSR count). The average Bonchev–Trinajstić information content (AvgIpc) is 3.00. The molecule has 3 aliphatic rings. The maximum Gasteiger partial charge on any atom is 0.00472 e. The molecule has 116 valence electrons. The Kier molecular flexibility index (Phi) is 4.42. The van der Waals surface area contributed by atoms with Gasteiger partial charge < -0.3 is 10.6 Å². The second-order valence-electron chi connectivity index (χ2n) is 8.54. The lowest BCUT2D eigenvalue weighted by Crippen LogP contribution is -2.45. The van der Waals surface area contributed by atoms with Crippen LogP contribution in [0.3, 0.4) is 0 Å². The van der Waals surface area contributed by atoms with Crippen molar-refractivity contribution in [1.29, 1.82) is 0 Å². The molecular weight excluding hydrogens is 244 g/mol. The van der Waals surface area contributed by atoms with Gasteiger partial charge in [0.1, 0.15) is 0 Å². The summed E-state index contributed by atoms with van der Waals surface area (Å²) in [6.07, 6.45) is 11.6. The van der Waals surface area contributed by atoms with Crippen molar-refractivity contribution in [2.24, 2.45) is 34.8 Å². The number of hydrogen-bond donors (Lipinski definition) is 1. The van der Waals surface area contributed by atoms with Crippen LogP contribution >= 0.6 is 0 Å². The van der Waals surface area contributed by atoms with Crippen molar-refractivity contribution in [2.45, 2.75) is 58.3 Å². The summed E-state index contributed by atoms with van der Waals surface area (Å²) in [7, 11) is 2.35. The zero-order chi connectivity index (χ0) is 14.2. The molecule has 0 aromatic heterocycles. The third-order valence-electron chi connectivity index (χ3n) is 6.65. The van der Waals surface area contributed by atoms with Gasteiger partial charge in [0.25, 0.3) is 0 Å². The Morgan fingerprint density at radius 2 is 2.05 bits per heavy atom. The van der Waals surface area contributed by atoms with Crippen molar-refractivity contribution in [2.75, 3.05) is 26.7 Å². The van der Waals surface area contributed by atoms with E-state index in [-0.39, 0.29) is 0 Å². The van der Waals surface area contributed by atoms with Crippen molar-refractivity contribution in [3.05, 3.63) is 0 Å². The molecule has 3 saturated carbocycles. The van der Waals surface area contributed by atoms with Gasteiger partial charge in [0.15, 0.2) is 0 Å². The lowest BCUT2D eigenvalue weighted by atomic mass is 9.69. The molecule has 2 N–H and O–H groups in total. The number of rotatable bonds is 5. The quantitative estimate of drug-likeness (QED) is 0.834. The van der Waals surface area contributed by atoms with Crippen LogP contribution in [0.1, 0.15) is 58.3 Å². The number of hydrogen-bond acceptors (Lipinski definition) is 2. The second kappa shape index (κ2) is 5.96. The van der Waals surface area contributed by atoms with E-state index < -0.39 is 0 Å². The zero-order valence-electron chi connectivity index (χ0n) is 13.6. The normalized spacial score (nSPS) is 44.4. The Morgan fingerprint density at radius 3 is 2.65 bits per heavy atom. The van der Waals surface area contributed by atoms with Crippen LogP contribution in [-0.4, -0.2) is 31.6 Å². The van der Waals surface area contributed by atoms with Gasteiger partial charge in [-0.3, -0.25) is 0 Å². The summed E-state index contributed by atoms with van der Waals surface area (Å²) in [5, 5.41) is 0. The van der Waals surface area contributed by atoms with E-state index in [0.29, 0.717) is 5.41 Å². The Morgan fingerprint density at radius 1 is 1.20 bits per heavy atom. The Labute approximate surface area is 125 Å². The van der Waals surface area contributed by atoms with Crippen LogP contribution in [-0.2, 0) is 0 Å². The molecule has 3 aliphatic carbocycles. The van der Waals surface area contributed by atoms with E-state index in [4.69, 9.17) is 5.73 Å². The highest BCUT2D eigenvalue weighted by Gasteiger charge is 2.41. The highest BCUT2D eigenvalue weighted by molar-refractivity contribution is 4.93. The lowest BCUT2D eigenvalue weighted by molar-refractivity contribution is 0.0872. The summed E-state index contributed by atoms with van der Waals surface area (Å²) >= 11 is 0. The largest absolute Gasteiger partial charge is 0.330 e. The Balaban J connectivity index is 1.53. The summed E-state index contributed by atoms with van der Waals surface area (Å²) in [5.74, 6) is 4.01. The molecule has 20 heavy (non-hydrogen) atoms. The van der Waals surface area contributed by atoms with E-state index >= 15 is 0 Å². The molecule has 0 spiro atoms. The molecule has 2 nitrogen and oxygen atoms in total. The van der Waals surface area contributed by atoms with Gasteiger partial charge in [-0.05, 0) is 74.8 Å². The fourth-order valence-corrected chi connectivity index (χ4v) is 5.80. The van der Waals surface area contributed by atoms with Crippen molar-refractivity contribution in [3.8, 4) is 0 Å². The molecule has 0 saturated heterocycles. The topological polar surface area (TPSA) is 29.3 Å². The summed E-state index contributed by atoms with van der Waals surface area (Å²) in [6.45, 7) is 5.87. The molecule has 0 heterocycles. The maximum atomic E-state index is 6.19. The average molecular weight is 278 g/mol. The number of nitrogens with zero attached hydrogens (tertiary/aromatic N) is 1. The maximum absolute atomic E-state index is 6.19. The van der Waals surface area contributed by atoms with Gasteiger partial charge in [-0.25, -0.2) is 0 Å². The van der Waals surface area contributed by atoms with Crippen molar-refractivity contribution in [1.82, 2.24) is 4.90 Å². The van der Waals surface area contributed by atoms with E-state index in [1.165, 1.54) is 64.5 Å². The first-order chi connectivity index (χ1) is 9.60. The van der Waals surface area contributed by atoms with Gasteiger partial charge >= 0.3 is 0 Å². The summed E-state index contributed by atoms with van der Waals surface area (Å²) in [4.78, 5) is 2.64. The van der Waals surface area contributed by atoms with Crippen LogP contribution in [0.25, 0.3) is 0 Å². The molecule has 0 aromatic carbocycles. The van der Waals surface area contributed by atoms with E-state index in [2.05, 4.69) is 18.9 Å². The first kappa shape index (κ1) is 14.8. The van der Waals surface area contributed by atoms with E-state index in [0.717, 1.165) is 30.2 Å². The molecule has 0 aliphatic heterocycles. The molecule has 2 heteroatoms. The molecule has 5 unspecified atom stereocenters. The van der Waals surface area contributed by atoms with E-state index in [1.807, 2.05) is 0 Å². The number of fused-ring (bicyclic) bond motifs is 2. The highest BCUT2D eigenvalue weighted by Crippen LogP contribution is 2.48. The summed E-state index contributed by atoms with van der Waals surface area (Å²) < 4.78 is 0. The predicted octanol–water partition coefficient (Wildman–Crippen LogP) is 3.51. The summed E-state index contributed by atoms with van der Waals surface area (Å²) in [5.41, 5.74) is 6.61. The molecule has 0 amide bonds. The van der Waals surface area contributed by atoms with Crippen LogP contribution in [0.4, 0.5) is 0 Å². The third-order valence-corrected chi connectivity index (χ3v) is 6.65. The van der Waals surface area contributed by atoms with Crippen LogP contribution in [0.5, 0.6) is 0 Å². The van der Waals surface area contributed by atoms with Crippen LogP contribution in [0.2, 0.25) is 0 Å². The predicted molar refractivity (Wildman–Crippen MR) is 85.6 cm³/mol. The van der Waals surface area contributed by atoms with Crippen molar-refractivity contribution >= 4 is 0 Å². The first-order valence-corrected chi connectivity index (χ1v) is 8.99. The minimum atomic E-state index is 0.421. The molecule has 0 radical (unpaired) electrons. The zero-order valence-corrected chi connectivity index (χ0v) is 13.6. The van der Waals surface area contributed by atoms with Crippen LogP contribution < -0.4 is 5.73 Å². The smallest absolute Gasteiger partial charge is 0.00472 e. The Hall–Kier alpha value is -0.0800. The highest BCUT2D eigenvalue weighted by atomic mass is 15.1. The minimum absolute atomic E-state index is 0.421. The van der Waals surface area contributed by atoms with Crippen LogP contribution in [0, 0.1) is 29.1 Å². The third kappa shape index (κ3) is 3.06. The molecule has 5 atom stereocenters. The van der Waals surface area contributed by atoms with Gasteiger partial charge in [0.05, 0.1) is 0 Å². The van der Waals surface area contributed by atoms with E-state index in [9.17, 15) is 0 Å². The Bertz CT molecular complexity index is 329. The molecule has 0 aromatic rings. The van der Waals surface area contributed by atoms with Gasteiger partial charge in [0.2, 0.25) is 0 Å². The van der Waals surface area contributed by atoms with E-state index in [1.54, 1.807) is 0 Å². The molecule has 3 fully saturated rings. The van der Waals surface area contributed by atoms with Crippen LogP contribution in [0.15, 0.2) is 0 Å². The SMILES string of the molecule is CC1CCCC(CN)(CN(C)CC2CC3CCC2C3)C1. The van der Waals surface area contributed by atoms with Crippen molar-refractivity contribution in [3.63, 3.8) is 0 Å². The second-order valence-corrected chi connectivity index (χ2v) is 8.54. The molecule has 2 bridgehead atoms. The monoisotopic (exact) mass is 278 g/mol. The summed E-state index contributed by atoms with van der Waals surface area (Å²) in [6, 6.07) is 0. The minimum Gasteiger partial charge on any atom is -0.330 e. The fourth-order valence-electron chi connectivity index (χ4n) is 5.80.